The van der Waals surface area contributed by atoms with Crippen molar-refractivity contribution in [1.82, 2.24) is 15.6 Å². The van der Waals surface area contributed by atoms with Crippen molar-refractivity contribution < 1.29 is 4.52 Å². The van der Waals surface area contributed by atoms with Gasteiger partial charge in [-0.05, 0) is 19.1 Å². The van der Waals surface area contributed by atoms with E-state index in [1.54, 1.807) is 19.1 Å². The predicted octanol–water partition coefficient (Wildman–Crippen LogP) is 1.57. The zero-order chi connectivity index (χ0) is 12.3. The minimum atomic E-state index is 0.213. The molecule has 0 fully saturated rings. The van der Waals surface area contributed by atoms with Gasteiger partial charge in [0.05, 0.1) is 10.7 Å². The summed E-state index contributed by atoms with van der Waals surface area (Å²) in [4.78, 5) is 8.23. The van der Waals surface area contributed by atoms with Crippen LogP contribution in [0.2, 0.25) is 5.02 Å². The van der Waals surface area contributed by atoms with E-state index in [1.165, 1.54) is 0 Å². The first-order valence-electron chi connectivity index (χ1n) is 4.81. The fourth-order valence-corrected chi connectivity index (χ4v) is 1.38. The first kappa shape index (κ1) is 11.6. The SMILES string of the molecule is Cc1noc(/C(=N/c2ccccc2Cl)NN)n1. The highest BCUT2D eigenvalue weighted by Gasteiger charge is 2.11. The summed E-state index contributed by atoms with van der Waals surface area (Å²) in [6.07, 6.45) is 0. The fraction of sp³-hybridized carbons (Fsp3) is 0.100. The summed E-state index contributed by atoms with van der Waals surface area (Å²) in [6, 6.07) is 7.11. The largest absolute Gasteiger partial charge is 0.331 e. The van der Waals surface area contributed by atoms with Gasteiger partial charge in [0.2, 0.25) is 5.84 Å². The van der Waals surface area contributed by atoms with Crippen LogP contribution < -0.4 is 11.3 Å². The number of benzene rings is 1. The normalized spacial score (nSPS) is 11.6. The van der Waals surface area contributed by atoms with Crippen molar-refractivity contribution in [3.63, 3.8) is 0 Å². The molecule has 0 aliphatic heterocycles. The number of amidine groups is 1. The highest BCUT2D eigenvalue weighted by Crippen LogP contribution is 2.24. The van der Waals surface area contributed by atoms with Crippen LogP contribution in [-0.4, -0.2) is 16.0 Å². The maximum Gasteiger partial charge on any atom is 0.294 e. The molecule has 6 nitrogen and oxygen atoms in total. The van der Waals surface area contributed by atoms with Gasteiger partial charge in [0, 0.05) is 0 Å². The van der Waals surface area contributed by atoms with Gasteiger partial charge in [0.1, 0.15) is 0 Å². The van der Waals surface area contributed by atoms with Gasteiger partial charge in [0.15, 0.2) is 5.82 Å². The summed E-state index contributed by atoms with van der Waals surface area (Å²) in [7, 11) is 0. The maximum absolute atomic E-state index is 5.98. The summed E-state index contributed by atoms with van der Waals surface area (Å²) in [5, 5.41) is 4.16. The summed E-state index contributed by atoms with van der Waals surface area (Å²) in [6.45, 7) is 1.70. The molecule has 1 aromatic heterocycles. The minimum Gasteiger partial charge on any atom is -0.331 e. The number of para-hydroxylation sites is 1. The molecule has 2 aromatic rings. The number of nitrogens with zero attached hydrogens (tertiary/aromatic N) is 3. The van der Waals surface area contributed by atoms with Gasteiger partial charge in [-0.2, -0.15) is 4.98 Å². The lowest BCUT2D eigenvalue weighted by Gasteiger charge is -2.01. The Hall–Kier alpha value is -1.92. The average molecular weight is 252 g/mol. The Labute approximate surface area is 102 Å². The van der Waals surface area contributed by atoms with E-state index in [0.717, 1.165) is 0 Å². The molecule has 0 bridgehead atoms. The first-order valence-corrected chi connectivity index (χ1v) is 5.19. The third-order valence-electron chi connectivity index (χ3n) is 1.95. The minimum absolute atomic E-state index is 0.213. The lowest BCUT2D eigenvalue weighted by molar-refractivity contribution is 0.404. The lowest BCUT2D eigenvalue weighted by atomic mass is 10.3. The van der Waals surface area contributed by atoms with E-state index in [4.69, 9.17) is 22.0 Å². The van der Waals surface area contributed by atoms with E-state index >= 15 is 0 Å². The lowest BCUT2D eigenvalue weighted by Crippen LogP contribution is -2.31. The number of halogens is 1. The van der Waals surface area contributed by atoms with Crippen LogP contribution in [0.5, 0.6) is 0 Å². The van der Waals surface area contributed by atoms with Crippen molar-refractivity contribution in [2.45, 2.75) is 6.92 Å². The fourth-order valence-electron chi connectivity index (χ4n) is 1.20. The predicted molar refractivity (Wildman–Crippen MR) is 64.0 cm³/mol. The van der Waals surface area contributed by atoms with Crippen LogP contribution in [0.1, 0.15) is 11.7 Å². The first-order chi connectivity index (χ1) is 8.20. The highest BCUT2D eigenvalue weighted by atomic mass is 35.5. The second kappa shape index (κ2) is 4.94. The Kier molecular flexibility index (Phi) is 3.36. The van der Waals surface area contributed by atoms with Crippen LogP contribution in [0.15, 0.2) is 33.8 Å². The number of nitrogens with one attached hydrogen (secondary N) is 1. The van der Waals surface area contributed by atoms with Gasteiger partial charge >= 0.3 is 0 Å². The van der Waals surface area contributed by atoms with Crippen LogP contribution in [0.4, 0.5) is 5.69 Å². The topological polar surface area (TPSA) is 89.3 Å². The van der Waals surface area contributed by atoms with Crippen LogP contribution in [0.25, 0.3) is 0 Å². The number of aryl methyl sites for hydroxylation is 1. The molecule has 17 heavy (non-hydrogen) atoms. The summed E-state index contributed by atoms with van der Waals surface area (Å²) < 4.78 is 4.95. The molecule has 7 heteroatoms. The molecular weight excluding hydrogens is 242 g/mol. The van der Waals surface area contributed by atoms with E-state index in [9.17, 15) is 0 Å². The zero-order valence-electron chi connectivity index (χ0n) is 9.01. The van der Waals surface area contributed by atoms with Gasteiger partial charge in [0.25, 0.3) is 5.89 Å². The molecular formula is C10H10ClN5O. The summed E-state index contributed by atoms with van der Waals surface area (Å²) >= 11 is 5.98. The number of hydrogen-bond acceptors (Lipinski definition) is 5. The Bertz CT molecular complexity index is 551. The van der Waals surface area contributed by atoms with E-state index in [2.05, 4.69) is 20.6 Å². The van der Waals surface area contributed by atoms with E-state index in [1.807, 2.05) is 12.1 Å². The Balaban J connectivity index is 2.39. The average Bonchev–Trinajstić information content (AvgIpc) is 2.75. The van der Waals surface area contributed by atoms with Gasteiger partial charge in [-0.1, -0.05) is 28.9 Å². The van der Waals surface area contributed by atoms with Crippen molar-refractivity contribution in [2.24, 2.45) is 10.8 Å². The maximum atomic E-state index is 5.98. The molecule has 1 aromatic carbocycles. The second-order valence-corrected chi connectivity index (χ2v) is 3.61. The standard InChI is InChI=1S/C10H10ClN5O/c1-6-13-10(17-16-6)9(15-12)14-8-5-3-2-4-7(8)11/h2-5H,12H2,1H3,(H,14,15). The van der Waals surface area contributed by atoms with Crippen LogP contribution in [-0.2, 0) is 0 Å². The quantitative estimate of drug-likeness (QED) is 0.366. The van der Waals surface area contributed by atoms with Crippen molar-refractivity contribution in [3.8, 4) is 0 Å². The van der Waals surface area contributed by atoms with Crippen LogP contribution >= 0.6 is 11.6 Å². The molecule has 0 amide bonds. The number of rotatable bonds is 2. The molecule has 0 aliphatic carbocycles. The Morgan fingerprint density at radius 2 is 2.24 bits per heavy atom. The van der Waals surface area contributed by atoms with Crippen LogP contribution in [0.3, 0.4) is 0 Å². The summed E-state index contributed by atoms with van der Waals surface area (Å²) in [5.74, 6) is 6.34. The molecule has 0 spiro atoms. The molecule has 88 valence electrons. The monoisotopic (exact) mass is 251 g/mol. The van der Waals surface area contributed by atoms with Gasteiger partial charge < -0.3 is 9.95 Å². The number of aromatic nitrogens is 2. The molecule has 0 saturated carbocycles. The number of aliphatic imine (C=N–C) groups is 1. The van der Waals surface area contributed by atoms with Crippen LogP contribution in [0, 0.1) is 6.92 Å². The Morgan fingerprint density at radius 1 is 1.47 bits per heavy atom. The van der Waals surface area contributed by atoms with Crippen molar-refractivity contribution >= 4 is 23.1 Å². The van der Waals surface area contributed by atoms with Gasteiger partial charge in [-0.15, -0.1) is 0 Å². The van der Waals surface area contributed by atoms with Crippen molar-refractivity contribution in [2.75, 3.05) is 0 Å². The third-order valence-corrected chi connectivity index (χ3v) is 2.27. The van der Waals surface area contributed by atoms with Gasteiger partial charge in [-0.3, -0.25) is 0 Å². The van der Waals surface area contributed by atoms with E-state index in [0.29, 0.717) is 16.5 Å². The third kappa shape index (κ3) is 2.61. The smallest absolute Gasteiger partial charge is 0.294 e. The molecule has 0 aliphatic rings. The number of nitrogens with two attached hydrogens (primary N) is 1. The number of hydrogen-bond donors (Lipinski definition) is 2. The van der Waals surface area contributed by atoms with E-state index in [-0.39, 0.29) is 11.7 Å². The second-order valence-electron chi connectivity index (χ2n) is 3.20. The van der Waals surface area contributed by atoms with E-state index < -0.39 is 0 Å². The van der Waals surface area contributed by atoms with Crippen molar-refractivity contribution in [1.29, 1.82) is 0 Å². The van der Waals surface area contributed by atoms with Crippen molar-refractivity contribution in [3.05, 3.63) is 41.0 Å². The molecule has 0 radical (unpaired) electrons. The summed E-state index contributed by atoms with van der Waals surface area (Å²) in [5.41, 5.74) is 2.97. The molecule has 0 atom stereocenters. The Morgan fingerprint density at radius 3 is 2.82 bits per heavy atom. The molecule has 2 rings (SSSR count). The molecule has 3 N–H and O–H groups in total. The number of hydrazine groups is 1. The molecule has 0 unspecified atom stereocenters. The molecule has 0 saturated heterocycles. The van der Waals surface area contributed by atoms with Gasteiger partial charge in [-0.25, -0.2) is 10.8 Å². The zero-order valence-corrected chi connectivity index (χ0v) is 9.77. The highest BCUT2D eigenvalue weighted by molar-refractivity contribution is 6.33. The molecule has 1 heterocycles.